The summed E-state index contributed by atoms with van der Waals surface area (Å²) in [5.74, 6) is 0.515. The number of aryl methyl sites for hydroxylation is 2. The number of aromatic nitrogens is 3. The normalized spacial score (nSPS) is 14.2. The van der Waals surface area contributed by atoms with Crippen LogP contribution in [0.25, 0.3) is 11.0 Å². The molecule has 1 atom stereocenters. The van der Waals surface area contributed by atoms with Crippen LogP contribution in [0.2, 0.25) is 0 Å². The molecule has 0 saturated heterocycles. The van der Waals surface area contributed by atoms with Gasteiger partial charge in [-0.3, -0.25) is 14.5 Å². The summed E-state index contributed by atoms with van der Waals surface area (Å²) in [4.78, 5) is 30.1. The van der Waals surface area contributed by atoms with Gasteiger partial charge in [-0.05, 0) is 68.1 Å². The van der Waals surface area contributed by atoms with Crippen LogP contribution in [-0.4, -0.2) is 47.1 Å². The second kappa shape index (κ2) is 11.8. The number of ether oxygens (including phenoxy) is 2. The van der Waals surface area contributed by atoms with Crippen molar-refractivity contribution in [3.05, 3.63) is 77.4 Å². The molecule has 9 heteroatoms. The highest BCUT2D eigenvalue weighted by Gasteiger charge is 2.36. The molecule has 5 rings (SSSR count). The molecule has 1 aliphatic carbocycles. The molecule has 1 heterocycles. The summed E-state index contributed by atoms with van der Waals surface area (Å²) in [6.07, 6.45) is 3.98. The van der Waals surface area contributed by atoms with Crippen molar-refractivity contribution in [1.82, 2.24) is 20.3 Å². The van der Waals surface area contributed by atoms with E-state index < -0.39 is 6.04 Å². The summed E-state index contributed by atoms with van der Waals surface area (Å²) in [7, 11) is 3.13. The molecule has 1 aromatic heterocycles. The molecule has 1 saturated carbocycles. The Morgan fingerprint density at radius 3 is 2.38 bits per heavy atom. The van der Waals surface area contributed by atoms with Crippen LogP contribution < -0.4 is 19.7 Å². The summed E-state index contributed by atoms with van der Waals surface area (Å²) in [5, 5.41) is 11.7. The Labute approximate surface area is 234 Å². The molecule has 9 nitrogen and oxygen atoms in total. The third-order valence-corrected chi connectivity index (χ3v) is 7.48. The van der Waals surface area contributed by atoms with Gasteiger partial charge in [0.15, 0.2) is 0 Å². The highest BCUT2D eigenvalue weighted by atomic mass is 16.5. The predicted molar refractivity (Wildman–Crippen MR) is 154 cm³/mol. The molecule has 1 fully saturated rings. The van der Waals surface area contributed by atoms with Crippen LogP contribution >= 0.6 is 0 Å². The smallest absolute Gasteiger partial charge is 0.249 e. The Balaban J connectivity index is 1.64. The van der Waals surface area contributed by atoms with E-state index in [2.05, 4.69) is 15.6 Å². The SMILES string of the molecule is COc1cc(OC)cc([C@H](C(=O)NC2CCCC2)N(C(=O)Cn2nnc3ccccc32)c2ccc(C)cc2C)c1. The third kappa shape index (κ3) is 5.64. The van der Waals surface area contributed by atoms with Gasteiger partial charge in [0.05, 0.1) is 19.7 Å². The second-order valence-electron chi connectivity index (χ2n) is 10.3. The first-order chi connectivity index (χ1) is 19.4. The first-order valence-corrected chi connectivity index (χ1v) is 13.6. The molecular formula is C31H35N5O4. The number of amides is 2. The van der Waals surface area contributed by atoms with Gasteiger partial charge in [0.1, 0.15) is 29.6 Å². The van der Waals surface area contributed by atoms with Crippen molar-refractivity contribution in [3.8, 4) is 11.5 Å². The zero-order valence-electron chi connectivity index (χ0n) is 23.4. The molecule has 0 radical (unpaired) electrons. The molecule has 0 spiro atoms. The molecule has 1 N–H and O–H groups in total. The molecule has 0 unspecified atom stereocenters. The number of rotatable bonds is 9. The first-order valence-electron chi connectivity index (χ1n) is 13.6. The van der Waals surface area contributed by atoms with Gasteiger partial charge in [-0.15, -0.1) is 5.10 Å². The molecule has 208 valence electrons. The molecule has 40 heavy (non-hydrogen) atoms. The van der Waals surface area contributed by atoms with Crippen molar-refractivity contribution in [2.45, 2.75) is 58.2 Å². The van der Waals surface area contributed by atoms with Crippen LogP contribution in [0.4, 0.5) is 5.69 Å². The van der Waals surface area contributed by atoms with Gasteiger partial charge in [-0.1, -0.05) is 47.9 Å². The van der Waals surface area contributed by atoms with E-state index in [9.17, 15) is 9.59 Å². The van der Waals surface area contributed by atoms with E-state index in [-0.39, 0.29) is 24.4 Å². The van der Waals surface area contributed by atoms with Gasteiger partial charge in [0.2, 0.25) is 11.8 Å². The molecule has 0 bridgehead atoms. The fraction of sp³-hybridized carbons (Fsp3) is 0.355. The van der Waals surface area contributed by atoms with Gasteiger partial charge in [0.25, 0.3) is 0 Å². The van der Waals surface area contributed by atoms with Crippen molar-refractivity contribution in [1.29, 1.82) is 0 Å². The van der Waals surface area contributed by atoms with E-state index in [1.165, 1.54) is 0 Å². The van der Waals surface area contributed by atoms with Gasteiger partial charge in [-0.2, -0.15) is 0 Å². The molecule has 4 aromatic rings. The fourth-order valence-corrected chi connectivity index (χ4v) is 5.49. The van der Waals surface area contributed by atoms with Crippen LogP contribution in [0.1, 0.15) is 48.4 Å². The minimum Gasteiger partial charge on any atom is -0.497 e. The number of fused-ring (bicyclic) bond motifs is 1. The number of methoxy groups -OCH3 is 2. The monoisotopic (exact) mass is 541 g/mol. The second-order valence-corrected chi connectivity index (χ2v) is 10.3. The van der Waals surface area contributed by atoms with Crippen molar-refractivity contribution in [2.75, 3.05) is 19.1 Å². The maximum atomic E-state index is 14.4. The Kier molecular flexibility index (Phi) is 8.00. The first kappa shape index (κ1) is 27.2. The molecule has 2 amide bonds. The maximum absolute atomic E-state index is 14.4. The summed E-state index contributed by atoms with van der Waals surface area (Å²) >= 11 is 0. The highest BCUT2D eigenvalue weighted by molar-refractivity contribution is 6.02. The summed E-state index contributed by atoms with van der Waals surface area (Å²) < 4.78 is 12.7. The number of nitrogens with zero attached hydrogens (tertiary/aromatic N) is 4. The average molecular weight is 542 g/mol. The number of anilines is 1. The summed E-state index contributed by atoms with van der Waals surface area (Å²) in [5.41, 5.74) is 4.61. The molecular weight excluding hydrogens is 506 g/mol. The Hall–Kier alpha value is -4.40. The van der Waals surface area contributed by atoms with Crippen LogP contribution in [0, 0.1) is 13.8 Å². The Morgan fingerprint density at radius 2 is 1.70 bits per heavy atom. The number of carbonyl (C=O) groups excluding carboxylic acids is 2. The molecule has 3 aromatic carbocycles. The van der Waals surface area contributed by atoms with Gasteiger partial charge in [-0.25, -0.2) is 4.68 Å². The van der Waals surface area contributed by atoms with Crippen LogP contribution in [-0.2, 0) is 16.1 Å². The molecule has 0 aliphatic heterocycles. The van der Waals surface area contributed by atoms with Gasteiger partial charge >= 0.3 is 0 Å². The summed E-state index contributed by atoms with van der Waals surface area (Å²) in [6, 6.07) is 17.8. The Morgan fingerprint density at radius 1 is 1.00 bits per heavy atom. The lowest BCUT2D eigenvalue weighted by Crippen LogP contribution is -2.47. The van der Waals surface area contributed by atoms with E-state index in [1.54, 1.807) is 42.0 Å². The van der Waals surface area contributed by atoms with E-state index in [1.807, 2.05) is 56.3 Å². The lowest BCUT2D eigenvalue weighted by molar-refractivity contribution is -0.127. The third-order valence-electron chi connectivity index (χ3n) is 7.48. The van der Waals surface area contributed by atoms with Crippen molar-refractivity contribution >= 4 is 28.5 Å². The molecule has 1 aliphatic rings. The van der Waals surface area contributed by atoms with Crippen LogP contribution in [0.5, 0.6) is 11.5 Å². The van der Waals surface area contributed by atoms with Crippen LogP contribution in [0.3, 0.4) is 0 Å². The number of hydrogen-bond acceptors (Lipinski definition) is 6. The van der Waals surface area contributed by atoms with Gasteiger partial charge in [0, 0.05) is 17.8 Å². The number of para-hydroxylation sites is 1. The zero-order chi connectivity index (χ0) is 28.2. The number of carbonyl (C=O) groups is 2. The van der Waals surface area contributed by atoms with Crippen molar-refractivity contribution in [3.63, 3.8) is 0 Å². The number of benzene rings is 3. The fourth-order valence-electron chi connectivity index (χ4n) is 5.49. The van der Waals surface area contributed by atoms with Crippen molar-refractivity contribution in [2.24, 2.45) is 0 Å². The van der Waals surface area contributed by atoms with E-state index in [0.29, 0.717) is 28.3 Å². The maximum Gasteiger partial charge on any atom is 0.249 e. The van der Waals surface area contributed by atoms with Crippen LogP contribution in [0.15, 0.2) is 60.7 Å². The largest absolute Gasteiger partial charge is 0.497 e. The van der Waals surface area contributed by atoms with Gasteiger partial charge < -0.3 is 14.8 Å². The average Bonchev–Trinajstić information content (AvgIpc) is 3.62. The predicted octanol–water partition coefficient (Wildman–Crippen LogP) is 4.90. The van der Waals surface area contributed by atoms with Crippen molar-refractivity contribution < 1.29 is 19.1 Å². The van der Waals surface area contributed by atoms with E-state index in [0.717, 1.165) is 42.3 Å². The number of hydrogen-bond donors (Lipinski definition) is 1. The minimum absolute atomic E-state index is 0.0674. The van der Waals surface area contributed by atoms with E-state index >= 15 is 0 Å². The quantitative estimate of drug-likeness (QED) is 0.324. The Bertz CT molecular complexity index is 1500. The topological polar surface area (TPSA) is 98.6 Å². The summed E-state index contributed by atoms with van der Waals surface area (Å²) in [6.45, 7) is 3.86. The minimum atomic E-state index is -0.978. The zero-order valence-corrected chi connectivity index (χ0v) is 23.4. The standard InChI is InChI=1S/C31H35N5O4/c1-20-13-14-27(21(2)15-20)36(29(37)19-35-28-12-8-7-11-26(28)33-34-35)30(31(38)32-23-9-5-6-10-23)22-16-24(39-3)18-25(17-22)40-4/h7-8,11-18,23,30H,5-6,9-10,19H2,1-4H3,(H,32,38)/t30-/m1/s1. The highest BCUT2D eigenvalue weighted by Crippen LogP contribution is 2.35. The lowest BCUT2D eigenvalue weighted by Gasteiger charge is -2.33. The lowest BCUT2D eigenvalue weighted by atomic mass is 9.99. The number of nitrogens with one attached hydrogen (secondary N) is 1. The van der Waals surface area contributed by atoms with E-state index in [4.69, 9.17) is 9.47 Å².